The van der Waals surface area contributed by atoms with Crippen LogP contribution in [0.15, 0.2) is 59.5 Å². The fourth-order valence-electron chi connectivity index (χ4n) is 2.06. The third-order valence-electron chi connectivity index (χ3n) is 3.08. The van der Waals surface area contributed by atoms with E-state index in [1.807, 2.05) is 24.3 Å². The van der Waals surface area contributed by atoms with Gasteiger partial charge in [-0.2, -0.15) is 0 Å². The first kappa shape index (κ1) is 13.9. The van der Waals surface area contributed by atoms with Crippen LogP contribution in [0.3, 0.4) is 0 Å². The molecule has 3 aromatic rings. The second kappa shape index (κ2) is 5.73. The number of ether oxygens (including phenoxy) is 2. The average Bonchev–Trinajstić information content (AvgIpc) is 2.98. The summed E-state index contributed by atoms with van der Waals surface area (Å²) in [4.78, 5) is 15.7. The van der Waals surface area contributed by atoms with E-state index in [1.165, 1.54) is 7.11 Å². The Hall–Kier alpha value is -3.08. The van der Waals surface area contributed by atoms with Crippen molar-refractivity contribution in [1.29, 1.82) is 0 Å². The van der Waals surface area contributed by atoms with Crippen molar-refractivity contribution in [2.45, 2.75) is 0 Å². The maximum Gasteiger partial charge on any atom is 0.335 e. The zero-order chi connectivity index (χ0) is 15.5. The van der Waals surface area contributed by atoms with Gasteiger partial charge in [-0.3, -0.25) is 0 Å². The van der Waals surface area contributed by atoms with Crippen molar-refractivity contribution < 1.29 is 18.7 Å². The van der Waals surface area contributed by atoms with Crippen molar-refractivity contribution in [3.05, 3.63) is 55.1 Å². The van der Waals surface area contributed by atoms with Crippen LogP contribution in [0.25, 0.3) is 22.6 Å². The lowest BCUT2D eigenvalue weighted by Crippen LogP contribution is -2.03. The number of hydrogen-bond acceptors (Lipinski definition) is 5. The molecule has 5 nitrogen and oxygen atoms in total. The number of hydrogen-bond donors (Lipinski definition) is 0. The summed E-state index contributed by atoms with van der Waals surface area (Å²) < 4.78 is 16.1. The second-order valence-electron chi connectivity index (χ2n) is 4.47. The number of methoxy groups -OCH3 is 1. The molecule has 110 valence electrons. The van der Waals surface area contributed by atoms with Crippen LogP contribution in [0.5, 0.6) is 11.5 Å². The first-order valence-electron chi connectivity index (χ1n) is 6.59. The van der Waals surface area contributed by atoms with Gasteiger partial charge < -0.3 is 13.9 Å². The monoisotopic (exact) mass is 295 g/mol. The molecule has 0 bridgehead atoms. The number of nitrogens with zero attached hydrogens (tertiary/aromatic N) is 1. The number of carbonyl (C=O) groups excluding carboxylic acids is 1. The molecule has 1 aromatic heterocycles. The molecule has 3 rings (SSSR count). The molecule has 0 radical (unpaired) electrons. The molecule has 1 heterocycles. The molecule has 0 amide bonds. The molecule has 0 aliphatic heterocycles. The molecule has 5 heteroatoms. The molecule has 22 heavy (non-hydrogen) atoms. The van der Waals surface area contributed by atoms with E-state index in [4.69, 9.17) is 13.9 Å². The van der Waals surface area contributed by atoms with E-state index in [-0.39, 0.29) is 0 Å². The molecular formula is C17H13NO4. The largest absolute Gasteiger partial charge is 0.496 e. The van der Waals surface area contributed by atoms with E-state index >= 15 is 0 Å². The predicted molar refractivity (Wildman–Crippen MR) is 81.8 cm³/mol. The van der Waals surface area contributed by atoms with Crippen LogP contribution >= 0.6 is 0 Å². The summed E-state index contributed by atoms with van der Waals surface area (Å²) in [5.74, 6) is 0.777. The fraction of sp³-hybridized carbons (Fsp3) is 0.0588. The van der Waals surface area contributed by atoms with Crippen LogP contribution in [0.4, 0.5) is 0 Å². The van der Waals surface area contributed by atoms with Crippen molar-refractivity contribution in [3.63, 3.8) is 0 Å². The van der Waals surface area contributed by atoms with Crippen molar-refractivity contribution in [3.8, 4) is 23.0 Å². The van der Waals surface area contributed by atoms with E-state index in [1.54, 1.807) is 18.2 Å². The minimum absolute atomic E-state index is 0.363. The number of carbonyl (C=O) groups is 1. The molecule has 0 aliphatic rings. The third kappa shape index (κ3) is 2.56. The highest BCUT2D eigenvalue weighted by Crippen LogP contribution is 2.34. The van der Waals surface area contributed by atoms with Gasteiger partial charge in [0.15, 0.2) is 5.58 Å². The van der Waals surface area contributed by atoms with Crippen molar-refractivity contribution in [2.75, 3.05) is 7.11 Å². The lowest BCUT2D eigenvalue weighted by atomic mass is 10.2. The molecule has 0 aliphatic carbocycles. The molecule has 0 saturated carbocycles. The van der Waals surface area contributed by atoms with Gasteiger partial charge in [0.05, 0.1) is 12.7 Å². The molecule has 0 atom stereocenters. The molecule has 0 N–H and O–H groups in total. The smallest absolute Gasteiger partial charge is 0.335 e. The first-order valence-corrected chi connectivity index (χ1v) is 6.59. The van der Waals surface area contributed by atoms with Gasteiger partial charge in [0.1, 0.15) is 17.0 Å². The Labute approximate surface area is 126 Å². The second-order valence-corrected chi connectivity index (χ2v) is 4.47. The molecule has 0 saturated heterocycles. The van der Waals surface area contributed by atoms with Crippen LogP contribution in [0.1, 0.15) is 0 Å². The van der Waals surface area contributed by atoms with E-state index in [0.717, 1.165) is 11.6 Å². The van der Waals surface area contributed by atoms with E-state index in [9.17, 15) is 4.79 Å². The topological polar surface area (TPSA) is 61.6 Å². The average molecular weight is 295 g/mol. The van der Waals surface area contributed by atoms with E-state index < -0.39 is 5.97 Å². The third-order valence-corrected chi connectivity index (χ3v) is 3.08. The molecule has 0 unspecified atom stereocenters. The summed E-state index contributed by atoms with van der Waals surface area (Å²) in [5, 5.41) is 0. The van der Waals surface area contributed by atoms with Crippen LogP contribution in [0.2, 0.25) is 0 Å². The summed E-state index contributed by atoms with van der Waals surface area (Å²) in [7, 11) is 1.53. The Morgan fingerprint density at radius 3 is 2.82 bits per heavy atom. The van der Waals surface area contributed by atoms with Crippen LogP contribution in [0, 0.1) is 0 Å². The Kier molecular flexibility index (Phi) is 3.62. The lowest BCUT2D eigenvalue weighted by molar-refractivity contribution is -0.128. The maximum absolute atomic E-state index is 11.2. The minimum Gasteiger partial charge on any atom is -0.496 e. The summed E-state index contributed by atoms with van der Waals surface area (Å²) in [6, 6.07) is 12.5. The van der Waals surface area contributed by atoms with Gasteiger partial charge in [-0.15, -0.1) is 0 Å². The summed E-state index contributed by atoms with van der Waals surface area (Å²) in [6.07, 6.45) is 1.10. The normalized spacial score (nSPS) is 10.4. The van der Waals surface area contributed by atoms with Crippen molar-refractivity contribution in [1.82, 2.24) is 4.98 Å². The minimum atomic E-state index is -0.531. The number of oxazole rings is 1. The van der Waals surface area contributed by atoms with Gasteiger partial charge in [-0.1, -0.05) is 18.7 Å². The number of fused-ring (bicyclic) bond motifs is 1. The number of esters is 1. The maximum atomic E-state index is 11.2. The zero-order valence-electron chi connectivity index (χ0n) is 11.9. The van der Waals surface area contributed by atoms with Gasteiger partial charge in [-0.25, -0.2) is 9.78 Å². The number of benzene rings is 2. The predicted octanol–water partition coefficient (Wildman–Crippen LogP) is 3.59. The molecule has 2 aromatic carbocycles. The lowest BCUT2D eigenvalue weighted by Gasteiger charge is -2.08. The van der Waals surface area contributed by atoms with Gasteiger partial charge in [0.2, 0.25) is 5.89 Å². The Balaban J connectivity index is 2.02. The van der Waals surface area contributed by atoms with Gasteiger partial charge in [0, 0.05) is 12.1 Å². The van der Waals surface area contributed by atoms with Crippen LogP contribution in [-0.2, 0) is 4.79 Å². The molecular weight excluding hydrogens is 282 g/mol. The van der Waals surface area contributed by atoms with Crippen molar-refractivity contribution >= 4 is 17.1 Å². The van der Waals surface area contributed by atoms with Gasteiger partial charge in [0.25, 0.3) is 0 Å². The highest BCUT2D eigenvalue weighted by Gasteiger charge is 2.14. The molecule has 0 fully saturated rings. The summed E-state index contributed by atoms with van der Waals surface area (Å²) in [5.41, 5.74) is 2.14. The van der Waals surface area contributed by atoms with E-state index in [2.05, 4.69) is 11.6 Å². The quantitative estimate of drug-likeness (QED) is 0.418. The van der Waals surface area contributed by atoms with Crippen LogP contribution < -0.4 is 9.47 Å². The summed E-state index contributed by atoms with van der Waals surface area (Å²) >= 11 is 0. The number of aromatic nitrogens is 1. The highest BCUT2D eigenvalue weighted by molar-refractivity contribution is 5.84. The Bertz CT molecular complexity index is 818. The van der Waals surface area contributed by atoms with Gasteiger partial charge in [-0.05, 0) is 24.3 Å². The first-order chi connectivity index (χ1) is 10.7. The molecule has 0 spiro atoms. The van der Waals surface area contributed by atoms with Crippen LogP contribution in [-0.4, -0.2) is 18.1 Å². The summed E-state index contributed by atoms with van der Waals surface area (Å²) in [6.45, 7) is 3.36. The zero-order valence-corrected chi connectivity index (χ0v) is 11.9. The number of rotatable bonds is 4. The number of para-hydroxylation sites is 2. The van der Waals surface area contributed by atoms with Gasteiger partial charge >= 0.3 is 5.97 Å². The standard InChI is InChI=1S/C17H13NO4/c1-3-16(19)21-11-8-9-12(15(10-11)20-2)17-18-13-6-4-5-7-14(13)22-17/h3-10H,1H2,2H3. The van der Waals surface area contributed by atoms with E-state index in [0.29, 0.717) is 28.5 Å². The van der Waals surface area contributed by atoms with Crippen molar-refractivity contribution in [2.24, 2.45) is 0 Å². The SMILES string of the molecule is C=CC(=O)Oc1ccc(-c2nc3ccccc3o2)c(OC)c1. The Morgan fingerprint density at radius 1 is 1.27 bits per heavy atom. The highest BCUT2D eigenvalue weighted by atomic mass is 16.5. The Morgan fingerprint density at radius 2 is 2.09 bits per heavy atom. The fourth-order valence-corrected chi connectivity index (χ4v) is 2.06.